The molecule has 2 heterocycles. The Balaban J connectivity index is 1.59. The molecule has 0 aromatic heterocycles. The molecular formula is C18H23BrN2O. The molecule has 0 aliphatic carbocycles. The normalized spacial score (nSPS) is 22.8. The summed E-state index contributed by atoms with van der Waals surface area (Å²) in [5.41, 5.74) is 0.737. The molecule has 0 bridgehead atoms. The molecule has 0 amide bonds. The second-order valence-electron chi connectivity index (χ2n) is 6.23. The third-order valence-electron chi connectivity index (χ3n) is 4.62. The van der Waals surface area contributed by atoms with E-state index in [-0.39, 0.29) is 5.78 Å². The van der Waals surface area contributed by atoms with E-state index in [1.807, 2.05) is 30.5 Å². The van der Waals surface area contributed by atoms with Gasteiger partial charge in [-0.2, -0.15) is 0 Å². The predicted molar refractivity (Wildman–Crippen MR) is 93.0 cm³/mol. The third-order valence-corrected chi connectivity index (χ3v) is 5.11. The minimum Gasteiger partial charge on any atom is -0.373 e. The van der Waals surface area contributed by atoms with E-state index >= 15 is 0 Å². The lowest BCUT2D eigenvalue weighted by atomic mass is 10.1. The molecule has 0 radical (unpaired) electrons. The number of nitrogens with zero attached hydrogens (tertiary/aromatic N) is 2. The highest BCUT2D eigenvalue weighted by atomic mass is 79.9. The van der Waals surface area contributed by atoms with Crippen LogP contribution in [0.25, 0.3) is 0 Å². The lowest BCUT2D eigenvalue weighted by Gasteiger charge is -2.27. The van der Waals surface area contributed by atoms with Crippen LogP contribution < -0.4 is 0 Å². The summed E-state index contributed by atoms with van der Waals surface area (Å²) in [5.74, 6) is 0.0770. The predicted octanol–water partition coefficient (Wildman–Crippen LogP) is 3.71. The Morgan fingerprint density at radius 3 is 2.82 bits per heavy atom. The van der Waals surface area contributed by atoms with Crippen LogP contribution in [-0.2, 0) is 0 Å². The molecule has 0 N–H and O–H groups in total. The van der Waals surface area contributed by atoms with Crippen LogP contribution in [-0.4, -0.2) is 47.8 Å². The summed E-state index contributed by atoms with van der Waals surface area (Å²) in [4.78, 5) is 17.2. The average molecular weight is 363 g/mol. The van der Waals surface area contributed by atoms with Gasteiger partial charge in [-0.15, -0.1) is 0 Å². The first-order valence-corrected chi connectivity index (χ1v) is 8.98. The Labute approximate surface area is 141 Å². The monoisotopic (exact) mass is 362 g/mol. The Hall–Kier alpha value is -1.13. The van der Waals surface area contributed by atoms with Gasteiger partial charge in [0.1, 0.15) is 0 Å². The van der Waals surface area contributed by atoms with Gasteiger partial charge in [-0.25, -0.2) is 0 Å². The van der Waals surface area contributed by atoms with Gasteiger partial charge in [0.05, 0.1) is 0 Å². The van der Waals surface area contributed by atoms with Gasteiger partial charge in [-0.1, -0.05) is 28.1 Å². The van der Waals surface area contributed by atoms with E-state index < -0.39 is 0 Å². The van der Waals surface area contributed by atoms with Crippen LogP contribution in [0, 0.1) is 0 Å². The molecule has 4 heteroatoms. The van der Waals surface area contributed by atoms with Crippen molar-refractivity contribution in [2.24, 2.45) is 0 Å². The van der Waals surface area contributed by atoms with Gasteiger partial charge in [0, 0.05) is 41.4 Å². The lowest BCUT2D eigenvalue weighted by molar-refractivity contribution is 0.104. The minimum absolute atomic E-state index is 0.0770. The molecule has 1 atom stereocenters. The quantitative estimate of drug-likeness (QED) is 0.589. The van der Waals surface area contributed by atoms with Crippen LogP contribution in [0.1, 0.15) is 36.0 Å². The van der Waals surface area contributed by atoms with Crippen LogP contribution in [0.15, 0.2) is 41.0 Å². The van der Waals surface area contributed by atoms with Crippen LogP contribution in [0.2, 0.25) is 0 Å². The number of ketones is 1. The summed E-state index contributed by atoms with van der Waals surface area (Å²) >= 11 is 3.41. The Morgan fingerprint density at radius 2 is 2.05 bits per heavy atom. The van der Waals surface area contributed by atoms with Crippen molar-refractivity contribution in [3.63, 3.8) is 0 Å². The van der Waals surface area contributed by atoms with Gasteiger partial charge in [0.25, 0.3) is 0 Å². The van der Waals surface area contributed by atoms with E-state index in [0.29, 0.717) is 6.04 Å². The third kappa shape index (κ3) is 3.99. The summed E-state index contributed by atoms with van der Waals surface area (Å²) in [6.45, 7) is 4.70. The Morgan fingerprint density at radius 1 is 1.23 bits per heavy atom. The number of benzene rings is 1. The highest BCUT2D eigenvalue weighted by molar-refractivity contribution is 9.10. The Kier molecular flexibility index (Phi) is 5.32. The van der Waals surface area contributed by atoms with E-state index in [0.717, 1.165) is 23.1 Å². The maximum Gasteiger partial charge on any atom is 0.187 e. The number of allylic oxidation sites excluding steroid dienone is 1. The van der Waals surface area contributed by atoms with Gasteiger partial charge in [0.2, 0.25) is 0 Å². The molecule has 2 saturated heterocycles. The maximum atomic E-state index is 12.3. The van der Waals surface area contributed by atoms with Crippen molar-refractivity contribution in [2.75, 3.05) is 26.2 Å². The van der Waals surface area contributed by atoms with Crippen LogP contribution in [0.3, 0.4) is 0 Å². The number of hydrogen-bond acceptors (Lipinski definition) is 3. The number of carbonyl (C=O) groups is 1. The molecule has 22 heavy (non-hydrogen) atoms. The number of carbonyl (C=O) groups excluding carboxylic acids is 1. The van der Waals surface area contributed by atoms with Gasteiger partial charge in [-0.05, 0) is 50.9 Å². The summed E-state index contributed by atoms with van der Waals surface area (Å²) in [6, 6.07) is 8.15. The van der Waals surface area contributed by atoms with Crippen molar-refractivity contribution in [2.45, 2.75) is 31.7 Å². The summed E-state index contributed by atoms with van der Waals surface area (Å²) in [7, 11) is 0. The van der Waals surface area contributed by atoms with Gasteiger partial charge in [-0.3, -0.25) is 4.79 Å². The second kappa shape index (κ2) is 7.42. The summed E-state index contributed by atoms with van der Waals surface area (Å²) in [5, 5.41) is 0. The van der Waals surface area contributed by atoms with Crippen LogP contribution in [0.5, 0.6) is 0 Å². The zero-order valence-electron chi connectivity index (χ0n) is 12.9. The van der Waals surface area contributed by atoms with Crippen molar-refractivity contribution in [1.29, 1.82) is 0 Å². The second-order valence-corrected chi connectivity index (χ2v) is 7.15. The number of likely N-dealkylation sites (tertiary alicyclic amines) is 2. The largest absolute Gasteiger partial charge is 0.373 e. The summed E-state index contributed by atoms with van der Waals surface area (Å²) in [6.07, 6.45) is 8.88. The molecule has 118 valence electrons. The highest BCUT2D eigenvalue weighted by Gasteiger charge is 2.25. The first-order valence-electron chi connectivity index (χ1n) is 8.18. The van der Waals surface area contributed by atoms with Crippen molar-refractivity contribution in [3.05, 3.63) is 46.6 Å². The van der Waals surface area contributed by atoms with E-state index in [1.54, 1.807) is 6.08 Å². The standard InChI is InChI=1S/C18H23BrN2O/c19-16-6-3-5-15(13-16)18(22)8-12-21-11-4-7-17(21)14-20-9-1-2-10-20/h3,5-6,8,12-13,17H,1-2,4,7,9-11,14H2/b12-8+/t17-/m0/s1. The zero-order valence-corrected chi connectivity index (χ0v) is 14.5. The van der Waals surface area contributed by atoms with Crippen molar-refractivity contribution < 1.29 is 4.79 Å². The average Bonchev–Trinajstić information content (AvgIpc) is 3.17. The number of halogens is 1. The first-order chi connectivity index (χ1) is 10.7. The van der Waals surface area contributed by atoms with E-state index in [9.17, 15) is 4.79 Å². The van der Waals surface area contributed by atoms with Crippen molar-refractivity contribution in [1.82, 2.24) is 9.80 Å². The maximum absolute atomic E-state index is 12.3. The molecule has 2 fully saturated rings. The summed E-state index contributed by atoms with van der Waals surface area (Å²) < 4.78 is 0.944. The molecule has 0 unspecified atom stereocenters. The molecule has 0 saturated carbocycles. The number of rotatable bonds is 5. The number of hydrogen-bond donors (Lipinski definition) is 0. The van der Waals surface area contributed by atoms with Gasteiger partial charge >= 0.3 is 0 Å². The molecule has 2 aliphatic rings. The van der Waals surface area contributed by atoms with Crippen molar-refractivity contribution in [3.8, 4) is 0 Å². The van der Waals surface area contributed by atoms with E-state index in [1.165, 1.54) is 38.8 Å². The SMILES string of the molecule is O=C(/C=C/N1CCC[C@H]1CN1CCCC1)c1cccc(Br)c1. The van der Waals surface area contributed by atoms with Crippen molar-refractivity contribution >= 4 is 21.7 Å². The Bertz CT molecular complexity index is 552. The van der Waals surface area contributed by atoms with Crippen LogP contribution >= 0.6 is 15.9 Å². The van der Waals surface area contributed by atoms with E-state index in [2.05, 4.69) is 25.7 Å². The fourth-order valence-corrected chi connectivity index (χ4v) is 3.81. The molecule has 0 spiro atoms. The van der Waals surface area contributed by atoms with Gasteiger partial charge < -0.3 is 9.80 Å². The molecule has 3 rings (SSSR count). The highest BCUT2D eigenvalue weighted by Crippen LogP contribution is 2.21. The van der Waals surface area contributed by atoms with Crippen LogP contribution in [0.4, 0.5) is 0 Å². The van der Waals surface area contributed by atoms with Gasteiger partial charge in [0.15, 0.2) is 5.78 Å². The lowest BCUT2D eigenvalue weighted by Crippen LogP contribution is -2.36. The smallest absolute Gasteiger partial charge is 0.187 e. The molecule has 3 nitrogen and oxygen atoms in total. The fourth-order valence-electron chi connectivity index (χ4n) is 3.41. The topological polar surface area (TPSA) is 23.6 Å². The molecule has 1 aromatic carbocycles. The first kappa shape index (κ1) is 15.8. The molecule has 2 aliphatic heterocycles. The zero-order chi connectivity index (χ0) is 15.4. The molecule has 1 aromatic rings. The fraction of sp³-hybridized carbons (Fsp3) is 0.500. The molecular weight excluding hydrogens is 340 g/mol. The minimum atomic E-state index is 0.0770. The van der Waals surface area contributed by atoms with E-state index in [4.69, 9.17) is 0 Å².